The van der Waals surface area contributed by atoms with E-state index in [1.54, 1.807) is 37.7 Å². The van der Waals surface area contributed by atoms with Gasteiger partial charge in [-0.2, -0.15) is 5.10 Å². The second kappa shape index (κ2) is 9.33. The maximum absolute atomic E-state index is 14.9. The second-order valence-electron chi connectivity index (χ2n) is 9.37. The third-order valence-corrected chi connectivity index (χ3v) is 7.41. The summed E-state index contributed by atoms with van der Waals surface area (Å²) in [5, 5.41) is 6.99. The van der Waals surface area contributed by atoms with Gasteiger partial charge in [-0.15, -0.1) is 11.3 Å². The molecule has 3 aromatic heterocycles. The number of fused-ring (bicyclic) bond motifs is 1. The molecule has 3 aromatic rings. The average Bonchev–Trinajstić information content (AvgIpc) is 3.32. The number of ether oxygens (including phenoxy) is 1. The van der Waals surface area contributed by atoms with Gasteiger partial charge < -0.3 is 10.1 Å². The number of alkyl carbamates (subject to hydrolysis) is 1. The van der Waals surface area contributed by atoms with Crippen LogP contribution in [0.25, 0.3) is 16.8 Å². The van der Waals surface area contributed by atoms with Crippen LogP contribution in [0.2, 0.25) is 0 Å². The summed E-state index contributed by atoms with van der Waals surface area (Å²) in [6.07, 6.45) is 2.53. The van der Waals surface area contributed by atoms with E-state index in [0.717, 1.165) is 22.4 Å². The number of rotatable bonds is 5. The number of thiazole rings is 1. The second-order valence-corrected chi connectivity index (χ2v) is 11.7. The van der Waals surface area contributed by atoms with Crippen LogP contribution >= 0.6 is 27.3 Å². The smallest absolute Gasteiger partial charge is 0.407 e. The Morgan fingerprint density at radius 2 is 2.12 bits per heavy atom. The van der Waals surface area contributed by atoms with E-state index in [-0.39, 0.29) is 17.8 Å². The molecule has 2 atom stereocenters. The Balaban J connectivity index is 1.55. The SMILES string of the molecule is CC(C)(C)OC(=O)N[C@@H]1CCCC(F)(F)C1CC(=O)c1nc(-c2cnn3ccccc23)c(Br)s1. The molecule has 34 heavy (non-hydrogen) atoms. The van der Waals surface area contributed by atoms with Gasteiger partial charge in [0.2, 0.25) is 0 Å². The van der Waals surface area contributed by atoms with Gasteiger partial charge in [0, 0.05) is 30.6 Å². The molecule has 0 aromatic carbocycles. The summed E-state index contributed by atoms with van der Waals surface area (Å²) in [5.74, 6) is -4.92. The number of pyridine rings is 1. The van der Waals surface area contributed by atoms with Crippen molar-refractivity contribution in [3.05, 3.63) is 39.4 Å². The van der Waals surface area contributed by atoms with E-state index in [0.29, 0.717) is 15.9 Å². The summed E-state index contributed by atoms with van der Waals surface area (Å²) in [6, 6.07) is 4.73. The van der Waals surface area contributed by atoms with Gasteiger partial charge in [-0.05, 0) is 61.7 Å². The third kappa shape index (κ3) is 5.30. The summed E-state index contributed by atoms with van der Waals surface area (Å²) < 4.78 is 37.3. The van der Waals surface area contributed by atoms with Crippen molar-refractivity contribution in [2.24, 2.45) is 5.92 Å². The Kier molecular flexibility index (Phi) is 6.78. The van der Waals surface area contributed by atoms with Crippen LogP contribution < -0.4 is 5.32 Å². The molecule has 3 heterocycles. The fourth-order valence-electron chi connectivity index (χ4n) is 4.15. The maximum Gasteiger partial charge on any atom is 0.407 e. The Bertz CT molecular complexity index is 1220. The number of nitrogens with one attached hydrogen (secondary N) is 1. The van der Waals surface area contributed by atoms with E-state index in [1.807, 2.05) is 18.2 Å². The summed E-state index contributed by atoms with van der Waals surface area (Å²) in [6.45, 7) is 5.10. The zero-order valence-electron chi connectivity index (χ0n) is 19.0. The Labute approximate surface area is 208 Å². The van der Waals surface area contributed by atoms with E-state index >= 15 is 0 Å². The molecule has 0 aliphatic heterocycles. The number of aromatic nitrogens is 3. The van der Waals surface area contributed by atoms with E-state index in [1.165, 1.54) is 0 Å². The molecule has 0 bridgehead atoms. The standard InChI is InChI=1S/C23H25BrF2N4O3S/c1-22(2,3)33-21(32)28-15-7-6-9-23(25,26)14(15)11-17(31)20-29-18(19(24)34-20)13-12-27-30-10-5-4-8-16(13)30/h4-5,8,10,12,14-15H,6-7,9,11H2,1-3H3,(H,28,32)/t14?,15-/m1/s1. The molecule has 1 N–H and O–H groups in total. The predicted octanol–water partition coefficient (Wildman–Crippen LogP) is 6.12. The van der Waals surface area contributed by atoms with Crippen molar-refractivity contribution in [2.45, 2.75) is 64.0 Å². The van der Waals surface area contributed by atoms with Crippen molar-refractivity contribution < 1.29 is 23.1 Å². The highest BCUT2D eigenvalue weighted by molar-refractivity contribution is 9.11. The lowest BCUT2D eigenvalue weighted by Crippen LogP contribution is -2.52. The lowest BCUT2D eigenvalue weighted by Gasteiger charge is -2.38. The van der Waals surface area contributed by atoms with Crippen LogP contribution in [0, 0.1) is 5.92 Å². The summed E-state index contributed by atoms with van der Waals surface area (Å²) in [4.78, 5) is 29.8. The quantitative estimate of drug-likeness (QED) is 0.384. The molecule has 1 fully saturated rings. The van der Waals surface area contributed by atoms with E-state index in [4.69, 9.17) is 4.74 Å². The fourth-order valence-corrected chi connectivity index (χ4v) is 5.67. The molecule has 4 rings (SSSR count). The number of amides is 1. The van der Waals surface area contributed by atoms with Crippen LogP contribution in [0.5, 0.6) is 0 Å². The zero-order chi connectivity index (χ0) is 24.7. The number of carbonyl (C=O) groups is 2. The number of alkyl halides is 2. The van der Waals surface area contributed by atoms with Gasteiger partial charge in [-0.1, -0.05) is 6.07 Å². The van der Waals surface area contributed by atoms with Crippen LogP contribution in [-0.2, 0) is 4.74 Å². The normalized spacial score (nSPS) is 20.3. The summed E-state index contributed by atoms with van der Waals surface area (Å²) in [5.41, 5.74) is 1.32. The number of nitrogens with zero attached hydrogens (tertiary/aromatic N) is 3. The zero-order valence-corrected chi connectivity index (χ0v) is 21.4. The first-order valence-corrected chi connectivity index (χ1v) is 12.6. The molecular weight excluding hydrogens is 530 g/mol. The highest BCUT2D eigenvalue weighted by Crippen LogP contribution is 2.42. The Morgan fingerprint density at radius 3 is 2.85 bits per heavy atom. The number of carbonyl (C=O) groups excluding carboxylic acids is 2. The minimum absolute atomic E-state index is 0.134. The number of halogens is 3. The highest BCUT2D eigenvalue weighted by atomic mass is 79.9. The number of Topliss-reactive ketones (excluding diaryl/α,β-unsaturated/α-hetero) is 1. The first kappa shape index (κ1) is 24.7. The topological polar surface area (TPSA) is 85.6 Å². The van der Waals surface area contributed by atoms with E-state index < -0.39 is 41.8 Å². The van der Waals surface area contributed by atoms with Crippen molar-refractivity contribution in [1.82, 2.24) is 19.9 Å². The molecule has 11 heteroatoms. The van der Waals surface area contributed by atoms with Gasteiger partial charge in [0.15, 0.2) is 10.8 Å². The minimum Gasteiger partial charge on any atom is -0.444 e. The summed E-state index contributed by atoms with van der Waals surface area (Å²) >= 11 is 4.56. The van der Waals surface area contributed by atoms with E-state index in [2.05, 4.69) is 31.3 Å². The molecule has 0 radical (unpaired) electrons. The van der Waals surface area contributed by atoms with Crippen molar-refractivity contribution in [3.63, 3.8) is 0 Å². The van der Waals surface area contributed by atoms with Gasteiger partial charge in [0.1, 0.15) is 11.3 Å². The van der Waals surface area contributed by atoms with Crippen LogP contribution in [0.4, 0.5) is 13.6 Å². The number of hydrogen-bond donors (Lipinski definition) is 1. The predicted molar refractivity (Wildman–Crippen MR) is 128 cm³/mol. The van der Waals surface area contributed by atoms with Crippen LogP contribution in [0.1, 0.15) is 56.3 Å². The minimum atomic E-state index is -3.09. The lowest BCUT2D eigenvalue weighted by molar-refractivity contribution is -0.0973. The molecular formula is C23H25BrF2N4O3S. The van der Waals surface area contributed by atoms with Gasteiger partial charge in [-0.25, -0.2) is 23.1 Å². The summed E-state index contributed by atoms with van der Waals surface area (Å²) in [7, 11) is 0. The highest BCUT2D eigenvalue weighted by Gasteiger charge is 2.48. The van der Waals surface area contributed by atoms with Crippen LogP contribution in [0.15, 0.2) is 34.4 Å². The van der Waals surface area contributed by atoms with Gasteiger partial charge in [0.25, 0.3) is 5.92 Å². The van der Waals surface area contributed by atoms with E-state index in [9.17, 15) is 18.4 Å². The first-order valence-electron chi connectivity index (χ1n) is 10.9. The van der Waals surface area contributed by atoms with Crippen molar-refractivity contribution in [3.8, 4) is 11.3 Å². The number of ketones is 1. The van der Waals surface area contributed by atoms with Crippen molar-refractivity contribution >= 4 is 44.7 Å². The third-order valence-electron chi connectivity index (χ3n) is 5.67. The maximum atomic E-state index is 14.9. The molecule has 1 saturated carbocycles. The number of hydrogen-bond acceptors (Lipinski definition) is 6. The average molecular weight is 555 g/mol. The van der Waals surface area contributed by atoms with Crippen LogP contribution in [0.3, 0.4) is 0 Å². The fraction of sp³-hybridized carbons (Fsp3) is 0.478. The molecule has 1 aliphatic carbocycles. The Hall–Kier alpha value is -2.40. The van der Waals surface area contributed by atoms with Crippen molar-refractivity contribution in [1.29, 1.82) is 0 Å². The first-order chi connectivity index (χ1) is 15.9. The van der Waals surface area contributed by atoms with Crippen molar-refractivity contribution in [2.75, 3.05) is 0 Å². The Morgan fingerprint density at radius 1 is 1.35 bits per heavy atom. The molecule has 1 unspecified atom stereocenters. The monoisotopic (exact) mass is 554 g/mol. The van der Waals surface area contributed by atoms with Gasteiger partial charge in [-0.3, -0.25) is 4.79 Å². The van der Waals surface area contributed by atoms with Crippen LogP contribution in [-0.4, -0.2) is 44.0 Å². The molecule has 7 nitrogen and oxygen atoms in total. The molecule has 1 aliphatic rings. The lowest BCUT2D eigenvalue weighted by atomic mass is 9.78. The molecule has 1 amide bonds. The molecule has 0 spiro atoms. The molecule has 0 saturated heterocycles. The molecule has 182 valence electrons. The van der Waals surface area contributed by atoms with Gasteiger partial charge in [0.05, 0.1) is 21.4 Å². The largest absolute Gasteiger partial charge is 0.444 e. The van der Waals surface area contributed by atoms with Gasteiger partial charge >= 0.3 is 6.09 Å².